The molecule has 1 N–H and O–H groups in total. The van der Waals surface area contributed by atoms with Crippen molar-refractivity contribution in [2.75, 3.05) is 54.0 Å². The number of nitriles is 1. The molecule has 1 unspecified atom stereocenters. The molecule has 0 radical (unpaired) electrons. The minimum Gasteiger partial charge on any atom is -0.394 e. The zero-order valence-corrected chi connectivity index (χ0v) is 18.1. The van der Waals surface area contributed by atoms with Crippen LogP contribution >= 0.6 is 0 Å². The van der Waals surface area contributed by atoms with Crippen molar-refractivity contribution in [1.29, 1.82) is 5.26 Å². The number of benzene rings is 1. The number of aliphatic hydroxyl groups excluding tert-OH is 1. The van der Waals surface area contributed by atoms with Crippen LogP contribution in [0.15, 0.2) is 42.9 Å². The van der Waals surface area contributed by atoms with Gasteiger partial charge in [-0.3, -0.25) is 4.98 Å². The van der Waals surface area contributed by atoms with Crippen LogP contribution in [-0.2, 0) is 0 Å². The molecule has 3 aromatic rings. The van der Waals surface area contributed by atoms with Gasteiger partial charge in [-0.1, -0.05) is 18.2 Å². The highest BCUT2D eigenvalue weighted by Gasteiger charge is 2.26. The fourth-order valence-electron chi connectivity index (χ4n) is 4.87. The number of rotatable bonds is 4. The van der Waals surface area contributed by atoms with Crippen LogP contribution < -0.4 is 14.7 Å². The zero-order chi connectivity index (χ0) is 21.9. The van der Waals surface area contributed by atoms with Gasteiger partial charge in [-0.15, -0.1) is 0 Å². The summed E-state index contributed by atoms with van der Waals surface area (Å²) in [4.78, 5) is 20.2. The third kappa shape index (κ3) is 3.80. The van der Waals surface area contributed by atoms with Gasteiger partial charge in [0.05, 0.1) is 29.4 Å². The summed E-state index contributed by atoms with van der Waals surface area (Å²) in [7, 11) is 0. The summed E-state index contributed by atoms with van der Waals surface area (Å²) in [6, 6.07) is 12.5. The van der Waals surface area contributed by atoms with Crippen LogP contribution in [0.4, 0.5) is 17.3 Å². The largest absolute Gasteiger partial charge is 0.394 e. The van der Waals surface area contributed by atoms with Crippen LogP contribution in [0.3, 0.4) is 0 Å². The second-order valence-electron chi connectivity index (χ2n) is 8.38. The van der Waals surface area contributed by atoms with E-state index in [1.165, 1.54) is 0 Å². The third-order valence-electron chi connectivity index (χ3n) is 6.56. The van der Waals surface area contributed by atoms with Crippen molar-refractivity contribution in [3.05, 3.63) is 48.4 Å². The van der Waals surface area contributed by atoms with Crippen molar-refractivity contribution in [1.82, 2.24) is 15.0 Å². The Morgan fingerprint density at radius 1 is 0.969 bits per heavy atom. The van der Waals surface area contributed by atoms with Crippen molar-refractivity contribution in [2.45, 2.75) is 25.3 Å². The first-order valence-electron chi connectivity index (χ1n) is 11.3. The zero-order valence-electron chi connectivity index (χ0n) is 18.1. The molecule has 0 spiro atoms. The smallest absolute Gasteiger partial charge is 0.134 e. The van der Waals surface area contributed by atoms with Crippen LogP contribution in [-0.4, -0.2) is 65.4 Å². The number of aromatic nitrogens is 3. The Balaban J connectivity index is 1.35. The fraction of sp³-hybridized carbons (Fsp3) is 0.417. The minimum absolute atomic E-state index is 0.132. The molecule has 2 aliphatic heterocycles. The van der Waals surface area contributed by atoms with Crippen molar-refractivity contribution in [2.24, 2.45) is 0 Å². The van der Waals surface area contributed by atoms with Gasteiger partial charge in [0.25, 0.3) is 0 Å². The van der Waals surface area contributed by atoms with E-state index in [1.807, 2.05) is 30.3 Å². The van der Waals surface area contributed by atoms with E-state index in [4.69, 9.17) is 0 Å². The standard InChI is InChI=1S/C24H27N7O/c25-14-18-15-26-21-7-2-1-6-20(21)24(18)30-11-9-29(10-12-30)22-13-23(28-17-27-22)31-8-4-3-5-19(31)16-32/h1-2,6-7,13,15,17,19,32H,3-5,8-12,16H2. The molecular weight excluding hydrogens is 402 g/mol. The van der Waals surface area contributed by atoms with E-state index >= 15 is 0 Å². The third-order valence-corrected chi connectivity index (χ3v) is 6.56. The molecule has 4 heterocycles. The van der Waals surface area contributed by atoms with E-state index in [9.17, 15) is 10.4 Å². The Bertz CT molecular complexity index is 1140. The molecule has 1 aromatic carbocycles. The summed E-state index contributed by atoms with van der Waals surface area (Å²) < 4.78 is 0. The predicted molar refractivity (Wildman–Crippen MR) is 125 cm³/mol. The van der Waals surface area contributed by atoms with Gasteiger partial charge in [0.15, 0.2) is 0 Å². The molecule has 2 aromatic heterocycles. The first-order valence-corrected chi connectivity index (χ1v) is 11.3. The number of fused-ring (bicyclic) bond motifs is 1. The second kappa shape index (κ2) is 8.97. The number of aliphatic hydroxyl groups is 1. The Kier molecular flexibility index (Phi) is 5.73. The van der Waals surface area contributed by atoms with E-state index in [0.29, 0.717) is 5.56 Å². The van der Waals surface area contributed by atoms with Gasteiger partial charge >= 0.3 is 0 Å². The summed E-state index contributed by atoms with van der Waals surface area (Å²) in [6.45, 7) is 4.28. The number of anilines is 3. The van der Waals surface area contributed by atoms with Crippen molar-refractivity contribution < 1.29 is 5.11 Å². The van der Waals surface area contributed by atoms with E-state index in [2.05, 4.69) is 35.7 Å². The molecule has 1 atom stereocenters. The number of piperazine rings is 1. The van der Waals surface area contributed by atoms with Gasteiger partial charge in [-0.05, 0) is 25.3 Å². The molecular formula is C24H27N7O. The van der Waals surface area contributed by atoms with Gasteiger partial charge in [0.2, 0.25) is 0 Å². The van der Waals surface area contributed by atoms with Crippen LogP contribution in [0.25, 0.3) is 10.9 Å². The highest BCUT2D eigenvalue weighted by Crippen LogP contribution is 2.31. The summed E-state index contributed by atoms with van der Waals surface area (Å²) in [5.41, 5.74) is 2.49. The highest BCUT2D eigenvalue weighted by molar-refractivity contribution is 5.94. The van der Waals surface area contributed by atoms with Gasteiger partial charge in [0, 0.05) is 50.4 Å². The summed E-state index contributed by atoms with van der Waals surface area (Å²) in [6.07, 6.45) is 6.57. The topological polar surface area (TPSA) is 92.4 Å². The average molecular weight is 430 g/mol. The molecule has 32 heavy (non-hydrogen) atoms. The summed E-state index contributed by atoms with van der Waals surface area (Å²) in [5, 5.41) is 20.5. The fourth-order valence-corrected chi connectivity index (χ4v) is 4.87. The molecule has 0 saturated carbocycles. The molecule has 8 nitrogen and oxygen atoms in total. The molecule has 0 aliphatic carbocycles. The van der Waals surface area contributed by atoms with E-state index < -0.39 is 0 Å². The van der Waals surface area contributed by atoms with Gasteiger partial charge < -0.3 is 19.8 Å². The van der Waals surface area contributed by atoms with Crippen molar-refractivity contribution in [3.63, 3.8) is 0 Å². The lowest BCUT2D eigenvalue weighted by Gasteiger charge is -2.38. The molecule has 2 saturated heterocycles. The number of nitrogens with zero attached hydrogens (tertiary/aromatic N) is 7. The Morgan fingerprint density at radius 3 is 2.56 bits per heavy atom. The summed E-state index contributed by atoms with van der Waals surface area (Å²) in [5.74, 6) is 1.81. The minimum atomic E-state index is 0.132. The maximum absolute atomic E-state index is 9.77. The quantitative estimate of drug-likeness (QED) is 0.677. The van der Waals surface area contributed by atoms with Gasteiger partial charge in [0.1, 0.15) is 24.0 Å². The van der Waals surface area contributed by atoms with E-state index in [0.717, 1.165) is 80.2 Å². The van der Waals surface area contributed by atoms with E-state index in [-0.39, 0.29) is 12.6 Å². The predicted octanol–water partition coefficient (Wildman–Crippen LogP) is 2.57. The Hall–Kier alpha value is -3.44. The van der Waals surface area contributed by atoms with Crippen LogP contribution in [0.1, 0.15) is 24.8 Å². The molecule has 2 fully saturated rings. The Morgan fingerprint density at radius 2 is 1.75 bits per heavy atom. The number of piperidine rings is 1. The number of para-hydroxylation sites is 1. The van der Waals surface area contributed by atoms with Crippen molar-refractivity contribution in [3.8, 4) is 6.07 Å². The van der Waals surface area contributed by atoms with Gasteiger partial charge in [-0.25, -0.2) is 9.97 Å². The molecule has 164 valence electrons. The molecule has 0 amide bonds. The lowest BCUT2D eigenvalue weighted by atomic mass is 10.0. The molecule has 5 rings (SSSR count). The molecule has 0 bridgehead atoms. The van der Waals surface area contributed by atoms with Crippen LogP contribution in [0, 0.1) is 11.3 Å². The van der Waals surface area contributed by atoms with Crippen LogP contribution in [0.2, 0.25) is 0 Å². The SMILES string of the molecule is N#Cc1cnc2ccccc2c1N1CCN(c2cc(N3CCCCC3CO)ncn2)CC1. The molecule has 2 aliphatic rings. The number of hydrogen-bond donors (Lipinski definition) is 1. The maximum atomic E-state index is 9.77. The van der Waals surface area contributed by atoms with Crippen LogP contribution in [0.5, 0.6) is 0 Å². The monoisotopic (exact) mass is 429 g/mol. The lowest BCUT2D eigenvalue weighted by Crippen LogP contribution is -2.47. The number of hydrogen-bond acceptors (Lipinski definition) is 8. The number of pyridine rings is 1. The first kappa shape index (κ1) is 20.5. The lowest BCUT2D eigenvalue weighted by molar-refractivity contribution is 0.239. The summed E-state index contributed by atoms with van der Waals surface area (Å²) >= 11 is 0. The Labute approximate surface area is 187 Å². The average Bonchev–Trinajstić information content (AvgIpc) is 2.88. The van der Waals surface area contributed by atoms with Crippen molar-refractivity contribution >= 4 is 28.2 Å². The maximum Gasteiger partial charge on any atom is 0.134 e. The van der Waals surface area contributed by atoms with Gasteiger partial charge in [-0.2, -0.15) is 5.26 Å². The second-order valence-corrected chi connectivity index (χ2v) is 8.38. The highest BCUT2D eigenvalue weighted by atomic mass is 16.3. The normalized spacial score (nSPS) is 19.2. The van der Waals surface area contributed by atoms with E-state index in [1.54, 1.807) is 12.5 Å². The first-order chi connectivity index (χ1) is 15.8. The molecule has 8 heteroatoms.